The van der Waals surface area contributed by atoms with Crippen LogP contribution in [0, 0.1) is 0 Å². The van der Waals surface area contributed by atoms with E-state index in [2.05, 4.69) is 4.90 Å². The molecule has 3 rings (SSSR count). The molecule has 4 atom stereocenters. The second kappa shape index (κ2) is 4.01. The summed E-state index contributed by atoms with van der Waals surface area (Å²) in [7, 11) is 0. The van der Waals surface area contributed by atoms with E-state index in [9.17, 15) is 5.11 Å². The first-order valence-electron chi connectivity index (χ1n) is 5.98. The average molecular weight is 213 g/mol. The number of fused-ring (bicyclic) bond motifs is 2. The maximum Gasteiger partial charge on any atom is 0.0739 e. The van der Waals surface area contributed by atoms with Gasteiger partial charge in [0.05, 0.1) is 31.0 Å². The van der Waals surface area contributed by atoms with Gasteiger partial charge in [-0.15, -0.1) is 0 Å². The molecule has 2 bridgehead atoms. The number of hydrogen-bond donors (Lipinski definition) is 1. The monoisotopic (exact) mass is 213 g/mol. The lowest BCUT2D eigenvalue weighted by atomic mass is 10.0. The first-order chi connectivity index (χ1) is 7.33. The highest BCUT2D eigenvalue weighted by Crippen LogP contribution is 2.29. The Kier molecular flexibility index (Phi) is 2.68. The molecule has 0 spiro atoms. The molecule has 3 aliphatic rings. The average Bonchev–Trinajstić information content (AvgIpc) is 2.58. The van der Waals surface area contributed by atoms with E-state index >= 15 is 0 Å². The van der Waals surface area contributed by atoms with Gasteiger partial charge in [0.25, 0.3) is 0 Å². The maximum atomic E-state index is 9.95. The fraction of sp³-hybridized carbons (Fsp3) is 1.00. The summed E-state index contributed by atoms with van der Waals surface area (Å²) in [6, 6.07) is 0.200. The summed E-state index contributed by atoms with van der Waals surface area (Å²) in [5, 5.41) is 9.95. The standard InChI is InChI=1S/C11H19NO3/c13-11-3-4-14-7-10(11)12-5-8-1-2-9(6-12)15-8/h8-11,13H,1-7H2. The molecule has 0 aromatic rings. The van der Waals surface area contributed by atoms with Crippen LogP contribution in [-0.2, 0) is 9.47 Å². The SMILES string of the molecule is OC1CCOCC1N1CC2CCC(C1)O2. The summed E-state index contributed by atoms with van der Waals surface area (Å²) in [5.74, 6) is 0. The van der Waals surface area contributed by atoms with Gasteiger partial charge >= 0.3 is 0 Å². The molecule has 4 nitrogen and oxygen atoms in total. The second-order valence-electron chi connectivity index (χ2n) is 4.91. The predicted octanol–water partition coefficient (Wildman–Crippen LogP) is -0.000600. The third-order valence-corrected chi connectivity index (χ3v) is 3.83. The zero-order valence-corrected chi connectivity index (χ0v) is 8.97. The fourth-order valence-corrected chi connectivity index (χ4v) is 2.98. The van der Waals surface area contributed by atoms with E-state index < -0.39 is 0 Å². The van der Waals surface area contributed by atoms with E-state index in [1.54, 1.807) is 0 Å². The van der Waals surface area contributed by atoms with Crippen molar-refractivity contribution in [3.63, 3.8) is 0 Å². The normalized spacial score (nSPS) is 47.0. The van der Waals surface area contributed by atoms with Crippen molar-refractivity contribution in [2.75, 3.05) is 26.3 Å². The lowest BCUT2D eigenvalue weighted by Gasteiger charge is -2.41. The van der Waals surface area contributed by atoms with Crippen LogP contribution >= 0.6 is 0 Å². The molecule has 0 saturated carbocycles. The zero-order valence-electron chi connectivity index (χ0n) is 8.97. The summed E-state index contributed by atoms with van der Waals surface area (Å²) in [5.41, 5.74) is 0. The Morgan fingerprint density at radius 2 is 1.80 bits per heavy atom. The van der Waals surface area contributed by atoms with E-state index in [4.69, 9.17) is 9.47 Å². The minimum Gasteiger partial charge on any atom is -0.391 e. The van der Waals surface area contributed by atoms with Gasteiger partial charge in [-0.05, 0) is 19.3 Å². The molecule has 0 aliphatic carbocycles. The number of morpholine rings is 1. The smallest absolute Gasteiger partial charge is 0.0739 e. The number of aliphatic hydroxyl groups is 1. The predicted molar refractivity (Wildman–Crippen MR) is 54.7 cm³/mol. The van der Waals surface area contributed by atoms with Crippen molar-refractivity contribution in [1.29, 1.82) is 0 Å². The molecular weight excluding hydrogens is 194 g/mol. The van der Waals surface area contributed by atoms with Crippen molar-refractivity contribution in [2.24, 2.45) is 0 Å². The highest BCUT2D eigenvalue weighted by Gasteiger charge is 2.39. The Labute approximate surface area is 90.2 Å². The van der Waals surface area contributed by atoms with Gasteiger partial charge in [-0.1, -0.05) is 0 Å². The van der Waals surface area contributed by atoms with E-state index in [1.807, 2.05) is 0 Å². The highest BCUT2D eigenvalue weighted by molar-refractivity contribution is 4.91. The van der Waals surface area contributed by atoms with Crippen LogP contribution in [0.25, 0.3) is 0 Å². The number of hydrogen-bond acceptors (Lipinski definition) is 4. The van der Waals surface area contributed by atoms with Crippen LogP contribution in [0.2, 0.25) is 0 Å². The van der Waals surface area contributed by atoms with Crippen molar-refractivity contribution < 1.29 is 14.6 Å². The minimum atomic E-state index is -0.212. The molecule has 0 aromatic heterocycles. The van der Waals surface area contributed by atoms with Gasteiger partial charge in [0.1, 0.15) is 0 Å². The van der Waals surface area contributed by atoms with Gasteiger partial charge in [0.2, 0.25) is 0 Å². The number of aliphatic hydroxyl groups excluding tert-OH is 1. The van der Waals surface area contributed by atoms with Crippen molar-refractivity contribution in [1.82, 2.24) is 4.90 Å². The molecule has 4 unspecified atom stereocenters. The van der Waals surface area contributed by atoms with E-state index in [-0.39, 0.29) is 12.1 Å². The Hall–Kier alpha value is -0.160. The van der Waals surface area contributed by atoms with Gasteiger partial charge < -0.3 is 14.6 Å². The van der Waals surface area contributed by atoms with Crippen molar-refractivity contribution in [3.8, 4) is 0 Å². The van der Waals surface area contributed by atoms with Gasteiger partial charge in [0, 0.05) is 19.7 Å². The quantitative estimate of drug-likeness (QED) is 0.666. The third-order valence-electron chi connectivity index (χ3n) is 3.83. The molecule has 0 radical (unpaired) electrons. The molecule has 3 saturated heterocycles. The molecule has 86 valence electrons. The molecular formula is C11H19NO3. The van der Waals surface area contributed by atoms with E-state index in [0.717, 1.165) is 19.5 Å². The maximum absolute atomic E-state index is 9.95. The third kappa shape index (κ3) is 1.91. The van der Waals surface area contributed by atoms with Crippen LogP contribution in [0.3, 0.4) is 0 Å². The largest absolute Gasteiger partial charge is 0.391 e. The molecule has 15 heavy (non-hydrogen) atoms. The molecule has 3 fully saturated rings. The topological polar surface area (TPSA) is 41.9 Å². The fourth-order valence-electron chi connectivity index (χ4n) is 2.98. The van der Waals surface area contributed by atoms with E-state index in [0.29, 0.717) is 25.4 Å². The van der Waals surface area contributed by atoms with Crippen molar-refractivity contribution in [3.05, 3.63) is 0 Å². The number of likely N-dealkylation sites (tertiary alicyclic amines) is 1. The first-order valence-corrected chi connectivity index (χ1v) is 5.98. The lowest BCUT2D eigenvalue weighted by Crippen LogP contribution is -2.55. The van der Waals surface area contributed by atoms with Crippen molar-refractivity contribution >= 4 is 0 Å². The summed E-state index contributed by atoms with van der Waals surface area (Å²) in [6.45, 7) is 3.33. The van der Waals surface area contributed by atoms with Gasteiger partial charge in [0.15, 0.2) is 0 Å². The van der Waals surface area contributed by atoms with Gasteiger partial charge in [-0.2, -0.15) is 0 Å². The van der Waals surface area contributed by atoms with Crippen LogP contribution in [0.5, 0.6) is 0 Å². The summed E-state index contributed by atoms with van der Waals surface area (Å²) in [6.07, 6.45) is 3.74. The summed E-state index contributed by atoms with van der Waals surface area (Å²) in [4.78, 5) is 2.37. The second-order valence-corrected chi connectivity index (χ2v) is 4.91. The number of nitrogens with zero attached hydrogens (tertiary/aromatic N) is 1. The van der Waals surface area contributed by atoms with E-state index in [1.165, 1.54) is 12.8 Å². The van der Waals surface area contributed by atoms with Crippen LogP contribution in [0.4, 0.5) is 0 Å². The zero-order chi connectivity index (χ0) is 10.3. The Morgan fingerprint density at radius 1 is 1.07 bits per heavy atom. The number of rotatable bonds is 1. The minimum absolute atomic E-state index is 0.200. The summed E-state index contributed by atoms with van der Waals surface area (Å²) < 4.78 is 11.2. The lowest BCUT2D eigenvalue weighted by molar-refractivity contribution is -0.111. The summed E-state index contributed by atoms with van der Waals surface area (Å²) >= 11 is 0. The van der Waals surface area contributed by atoms with Gasteiger partial charge in [-0.3, -0.25) is 4.90 Å². The molecule has 0 aromatic carbocycles. The van der Waals surface area contributed by atoms with Gasteiger partial charge in [-0.25, -0.2) is 0 Å². The molecule has 4 heteroatoms. The molecule has 3 aliphatic heterocycles. The molecule has 1 N–H and O–H groups in total. The Morgan fingerprint density at radius 3 is 2.47 bits per heavy atom. The van der Waals surface area contributed by atoms with Crippen LogP contribution < -0.4 is 0 Å². The molecule has 0 amide bonds. The first kappa shape index (κ1) is 10.0. The molecule has 3 heterocycles. The van der Waals surface area contributed by atoms with Crippen molar-refractivity contribution in [2.45, 2.75) is 43.6 Å². The van der Waals surface area contributed by atoms with Crippen LogP contribution in [-0.4, -0.2) is 60.7 Å². The number of ether oxygens (including phenoxy) is 2. The Bertz CT molecular complexity index is 224. The van der Waals surface area contributed by atoms with Crippen LogP contribution in [0.15, 0.2) is 0 Å². The van der Waals surface area contributed by atoms with Crippen LogP contribution in [0.1, 0.15) is 19.3 Å². The Balaban J connectivity index is 1.66. The highest BCUT2D eigenvalue weighted by atomic mass is 16.5.